The number of hydrogen-bond donors (Lipinski definition) is 3. The average molecular weight is 202 g/mol. The van der Waals surface area contributed by atoms with E-state index in [0.29, 0.717) is 13.2 Å². The predicted molar refractivity (Wildman–Crippen MR) is 47.9 cm³/mol. The first-order valence-electron chi connectivity index (χ1n) is 4.40. The first-order chi connectivity index (χ1) is 6.59. The van der Waals surface area contributed by atoms with Crippen molar-refractivity contribution in [2.75, 3.05) is 19.8 Å². The van der Waals surface area contributed by atoms with Crippen molar-refractivity contribution >= 4 is 11.9 Å². The maximum absolute atomic E-state index is 10.7. The fourth-order valence-electron chi connectivity index (χ4n) is 1.08. The molecule has 1 unspecified atom stereocenters. The Labute approximate surface area is 81.6 Å². The number of carboxylic acid groups (broad SMARTS) is 1. The molecule has 1 amide bonds. The van der Waals surface area contributed by atoms with Crippen molar-refractivity contribution < 1.29 is 19.4 Å². The normalized spacial score (nSPS) is 18.4. The molecular formula is C8H14N2O4. The molecule has 0 bridgehead atoms. The van der Waals surface area contributed by atoms with Gasteiger partial charge in [0, 0.05) is 13.5 Å². The van der Waals surface area contributed by atoms with E-state index in [2.05, 4.69) is 10.6 Å². The Balaban J connectivity index is 2.26. The van der Waals surface area contributed by atoms with Gasteiger partial charge in [0.05, 0.1) is 19.3 Å². The minimum Gasteiger partial charge on any atom is -0.480 e. The lowest BCUT2D eigenvalue weighted by Crippen LogP contribution is -2.53. The van der Waals surface area contributed by atoms with Crippen LogP contribution in [0.25, 0.3) is 0 Å². The molecule has 1 aliphatic heterocycles. The van der Waals surface area contributed by atoms with Gasteiger partial charge < -0.3 is 20.5 Å². The van der Waals surface area contributed by atoms with Crippen molar-refractivity contribution in [3.8, 4) is 0 Å². The molecule has 0 aromatic carbocycles. The van der Waals surface area contributed by atoms with Crippen molar-refractivity contribution in [2.24, 2.45) is 0 Å². The molecule has 0 saturated carbocycles. The SMILES string of the molecule is CC(=O)NC(CNC1COC1)C(=O)O. The molecule has 0 aliphatic carbocycles. The molecule has 0 radical (unpaired) electrons. The van der Waals surface area contributed by atoms with Crippen molar-refractivity contribution in [1.29, 1.82) is 0 Å². The molecule has 1 saturated heterocycles. The van der Waals surface area contributed by atoms with Crippen LogP contribution >= 0.6 is 0 Å². The Kier molecular flexibility index (Phi) is 3.84. The largest absolute Gasteiger partial charge is 0.480 e. The van der Waals surface area contributed by atoms with E-state index in [4.69, 9.17) is 9.84 Å². The molecule has 3 N–H and O–H groups in total. The van der Waals surface area contributed by atoms with Gasteiger partial charge in [0.1, 0.15) is 6.04 Å². The van der Waals surface area contributed by atoms with Crippen LogP contribution in [0.1, 0.15) is 6.92 Å². The Hall–Kier alpha value is -1.14. The number of aliphatic carboxylic acids is 1. The van der Waals surface area contributed by atoms with E-state index >= 15 is 0 Å². The number of hydrogen-bond acceptors (Lipinski definition) is 4. The van der Waals surface area contributed by atoms with Crippen molar-refractivity contribution in [2.45, 2.75) is 19.0 Å². The molecule has 1 atom stereocenters. The summed E-state index contributed by atoms with van der Waals surface area (Å²) in [7, 11) is 0. The van der Waals surface area contributed by atoms with Crippen LogP contribution < -0.4 is 10.6 Å². The summed E-state index contributed by atoms with van der Waals surface area (Å²) in [6.07, 6.45) is 0. The van der Waals surface area contributed by atoms with Gasteiger partial charge in [0.15, 0.2) is 0 Å². The second-order valence-corrected chi connectivity index (χ2v) is 3.23. The number of carbonyl (C=O) groups is 2. The maximum Gasteiger partial charge on any atom is 0.327 e. The molecule has 1 fully saturated rings. The molecule has 0 aromatic rings. The Morgan fingerprint density at radius 1 is 1.57 bits per heavy atom. The van der Waals surface area contributed by atoms with Crippen LogP contribution in [0.15, 0.2) is 0 Å². The van der Waals surface area contributed by atoms with E-state index in [1.165, 1.54) is 6.92 Å². The summed E-state index contributed by atoms with van der Waals surface area (Å²) >= 11 is 0. The standard InChI is InChI=1S/C8H14N2O4/c1-5(11)10-7(8(12)13)2-9-6-3-14-4-6/h6-7,9H,2-4H2,1H3,(H,10,11)(H,12,13). The van der Waals surface area contributed by atoms with Crippen molar-refractivity contribution in [1.82, 2.24) is 10.6 Å². The van der Waals surface area contributed by atoms with Crippen LogP contribution in [-0.2, 0) is 14.3 Å². The van der Waals surface area contributed by atoms with Crippen LogP contribution in [-0.4, -0.2) is 48.8 Å². The summed E-state index contributed by atoms with van der Waals surface area (Å²) in [5, 5.41) is 14.1. The van der Waals surface area contributed by atoms with Crippen molar-refractivity contribution in [3.05, 3.63) is 0 Å². The first kappa shape index (κ1) is 10.9. The minimum atomic E-state index is -1.03. The molecule has 0 aromatic heterocycles. The monoisotopic (exact) mass is 202 g/mol. The van der Waals surface area contributed by atoms with E-state index in [0.717, 1.165) is 0 Å². The third-order valence-corrected chi connectivity index (χ3v) is 1.92. The minimum absolute atomic E-state index is 0.214. The number of rotatable bonds is 5. The number of amides is 1. The van der Waals surface area contributed by atoms with Crippen LogP contribution in [0.3, 0.4) is 0 Å². The number of nitrogens with one attached hydrogen (secondary N) is 2. The summed E-state index contributed by atoms with van der Waals surface area (Å²) in [5.74, 6) is -1.38. The summed E-state index contributed by atoms with van der Waals surface area (Å²) in [4.78, 5) is 21.3. The van der Waals surface area contributed by atoms with Gasteiger partial charge in [-0.25, -0.2) is 4.79 Å². The molecule has 80 valence electrons. The van der Waals surface area contributed by atoms with Gasteiger partial charge in [0.25, 0.3) is 0 Å². The smallest absolute Gasteiger partial charge is 0.327 e. The highest BCUT2D eigenvalue weighted by atomic mass is 16.5. The zero-order valence-electron chi connectivity index (χ0n) is 7.95. The van der Waals surface area contributed by atoms with E-state index in [9.17, 15) is 9.59 Å². The van der Waals surface area contributed by atoms with Crippen LogP contribution in [0, 0.1) is 0 Å². The number of carboxylic acids is 1. The second-order valence-electron chi connectivity index (χ2n) is 3.23. The predicted octanol–water partition coefficient (Wildman–Crippen LogP) is -1.44. The van der Waals surface area contributed by atoms with Gasteiger partial charge in [-0.1, -0.05) is 0 Å². The molecule has 14 heavy (non-hydrogen) atoms. The molecule has 1 rings (SSSR count). The van der Waals surface area contributed by atoms with Crippen molar-refractivity contribution in [3.63, 3.8) is 0 Å². The quantitative estimate of drug-likeness (QED) is 0.508. The summed E-state index contributed by atoms with van der Waals surface area (Å²) in [6.45, 7) is 2.73. The highest BCUT2D eigenvalue weighted by Crippen LogP contribution is 1.99. The number of ether oxygens (including phenoxy) is 1. The van der Waals surface area contributed by atoms with Crippen LogP contribution in [0.5, 0.6) is 0 Å². The van der Waals surface area contributed by atoms with E-state index < -0.39 is 12.0 Å². The fraction of sp³-hybridized carbons (Fsp3) is 0.750. The lowest BCUT2D eigenvalue weighted by Gasteiger charge is -2.28. The molecule has 0 spiro atoms. The summed E-state index contributed by atoms with van der Waals surface area (Å²) in [6, 6.07) is -0.654. The van der Waals surface area contributed by atoms with Gasteiger partial charge in [-0.3, -0.25) is 4.79 Å². The van der Waals surface area contributed by atoms with Gasteiger partial charge >= 0.3 is 5.97 Å². The third kappa shape index (κ3) is 3.31. The summed E-state index contributed by atoms with van der Waals surface area (Å²) in [5.41, 5.74) is 0. The van der Waals surface area contributed by atoms with Gasteiger partial charge in [-0.05, 0) is 0 Å². The van der Waals surface area contributed by atoms with Gasteiger partial charge in [0.2, 0.25) is 5.91 Å². The highest BCUT2D eigenvalue weighted by Gasteiger charge is 2.23. The average Bonchev–Trinajstić information content (AvgIpc) is 1.98. The molecule has 6 heteroatoms. The fourth-order valence-corrected chi connectivity index (χ4v) is 1.08. The lowest BCUT2D eigenvalue weighted by atomic mass is 10.2. The molecule has 1 heterocycles. The third-order valence-electron chi connectivity index (χ3n) is 1.92. The number of carbonyl (C=O) groups excluding carboxylic acids is 1. The highest BCUT2D eigenvalue weighted by molar-refractivity contribution is 5.82. The van der Waals surface area contributed by atoms with Crippen LogP contribution in [0.2, 0.25) is 0 Å². The van der Waals surface area contributed by atoms with Crippen LogP contribution in [0.4, 0.5) is 0 Å². The second kappa shape index (κ2) is 4.92. The lowest BCUT2D eigenvalue weighted by molar-refractivity contribution is -0.141. The molecule has 6 nitrogen and oxygen atoms in total. The van der Waals surface area contributed by atoms with Gasteiger partial charge in [-0.15, -0.1) is 0 Å². The molecular weight excluding hydrogens is 188 g/mol. The Morgan fingerprint density at radius 3 is 2.57 bits per heavy atom. The Morgan fingerprint density at radius 2 is 2.21 bits per heavy atom. The van der Waals surface area contributed by atoms with E-state index in [1.807, 2.05) is 0 Å². The van der Waals surface area contributed by atoms with E-state index in [-0.39, 0.29) is 18.5 Å². The zero-order valence-corrected chi connectivity index (χ0v) is 7.95. The topological polar surface area (TPSA) is 87.7 Å². The van der Waals surface area contributed by atoms with E-state index in [1.54, 1.807) is 0 Å². The Bertz CT molecular complexity index is 227. The zero-order chi connectivity index (χ0) is 10.6. The molecule has 1 aliphatic rings. The first-order valence-corrected chi connectivity index (χ1v) is 4.40. The van der Waals surface area contributed by atoms with Gasteiger partial charge in [-0.2, -0.15) is 0 Å². The maximum atomic E-state index is 10.7. The summed E-state index contributed by atoms with van der Waals surface area (Å²) < 4.78 is 4.91.